The molecule has 2 aliphatic carbocycles. The van der Waals surface area contributed by atoms with Gasteiger partial charge in [-0.05, 0) is 43.2 Å². The van der Waals surface area contributed by atoms with E-state index >= 15 is 0 Å². The molecule has 0 heterocycles. The Bertz CT molecular complexity index is 587. The number of nitrogens with zero attached hydrogens (tertiary/aromatic N) is 1. The quantitative estimate of drug-likeness (QED) is 0.523. The van der Waals surface area contributed by atoms with E-state index in [-0.39, 0.29) is 11.7 Å². The van der Waals surface area contributed by atoms with Crippen molar-refractivity contribution >= 4 is 17.3 Å². The average Bonchev–Trinajstić information content (AvgIpc) is 3.08. The molecule has 6 heteroatoms. The molecule has 0 amide bonds. The van der Waals surface area contributed by atoms with E-state index in [0.717, 1.165) is 12.3 Å². The standard InChI is InChI=1S/C15H18N2O4/c1-21-15(18)11-4-5-14(17(19)20)13(8-11)16-12-7-9-2-3-10(12)6-9/h4-5,8-10,12,16H,2-3,6-7H2,1H3. The predicted molar refractivity (Wildman–Crippen MR) is 77.3 cm³/mol. The highest BCUT2D eigenvalue weighted by Crippen LogP contribution is 2.46. The van der Waals surface area contributed by atoms with Crippen molar-refractivity contribution in [2.75, 3.05) is 12.4 Å². The van der Waals surface area contributed by atoms with Gasteiger partial charge in [0.25, 0.3) is 5.69 Å². The molecule has 0 spiro atoms. The number of carbonyl (C=O) groups excluding carboxylic acids is 1. The summed E-state index contributed by atoms with van der Waals surface area (Å²) in [7, 11) is 1.30. The number of nitro groups is 1. The molecule has 1 N–H and O–H groups in total. The van der Waals surface area contributed by atoms with E-state index in [4.69, 9.17) is 0 Å². The van der Waals surface area contributed by atoms with Crippen LogP contribution in [0.4, 0.5) is 11.4 Å². The van der Waals surface area contributed by atoms with Gasteiger partial charge in [0, 0.05) is 12.1 Å². The van der Waals surface area contributed by atoms with Crippen LogP contribution >= 0.6 is 0 Å². The van der Waals surface area contributed by atoms with E-state index in [1.165, 1.54) is 44.6 Å². The number of methoxy groups -OCH3 is 1. The summed E-state index contributed by atoms with van der Waals surface area (Å²) in [5.41, 5.74) is 0.750. The molecule has 3 rings (SSSR count). The van der Waals surface area contributed by atoms with Crippen molar-refractivity contribution < 1.29 is 14.5 Å². The summed E-state index contributed by atoms with van der Waals surface area (Å²) in [6.07, 6.45) is 4.73. The Morgan fingerprint density at radius 1 is 1.38 bits per heavy atom. The van der Waals surface area contributed by atoms with Gasteiger partial charge in [-0.15, -0.1) is 0 Å². The fourth-order valence-corrected chi connectivity index (χ4v) is 3.68. The summed E-state index contributed by atoms with van der Waals surface area (Å²) in [6, 6.07) is 4.59. The first kappa shape index (κ1) is 13.9. The molecule has 1 aromatic rings. The Labute approximate surface area is 122 Å². The Morgan fingerprint density at radius 3 is 2.76 bits per heavy atom. The minimum absolute atomic E-state index is 0.00502. The lowest BCUT2D eigenvalue weighted by atomic mass is 9.95. The fraction of sp³-hybridized carbons (Fsp3) is 0.533. The van der Waals surface area contributed by atoms with E-state index in [9.17, 15) is 14.9 Å². The molecule has 21 heavy (non-hydrogen) atoms. The van der Waals surface area contributed by atoms with Crippen molar-refractivity contribution in [3.63, 3.8) is 0 Å². The highest BCUT2D eigenvalue weighted by atomic mass is 16.6. The molecule has 112 valence electrons. The van der Waals surface area contributed by atoms with Crippen molar-refractivity contribution in [2.45, 2.75) is 31.7 Å². The average molecular weight is 290 g/mol. The first-order valence-electron chi connectivity index (χ1n) is 7.21. The van der Waals surface area contributed by atoms with Gasteiger partial charge in [0.15, 0.2) is 0 Å². The van der Waals surface area contributed by atoms with Crippen LogP contribution in [0.3, 0.4) is 0 Å². The van der Waals surface area contributed by atoms with Crippen molar-refractivity contribution in [3.8, 4) is 0 Å². The number of esters is 1. The third kappa shape index (κ3) is 2.57. The largest absolute Gasteiger partial charge is 0.465 e. The van der Waals surface area contributed by atoms with E-state index < -0.39 is 10.9 Å². The summed E-state index contributed by atoms with van der Waals surface area (Å²) in [5, 5.41) is 14.4. The van der Waals surface area contributed by atoms with Crippen LogP contribution in [-0.4, -0.2) is 24.0 Å². The summed E-state index contributed by atoms with van der Waals surface area (Å²) < 4.78 is 4.67. The summed E-state index contributed by atoms with van der Waals surface area (Å²) in [6.45, 7) is 0. The molecule has 2 bridgehead atoms. The molecular weight excluding hydrogens is 272 g/mol. The number of benzene rings is 1. The lowest BCUT2D eigenvalue weighted by Gasteiger charge is -2.24. The zero-order valence-electron chi connectivity index (χ0n) is 11.9. The smallest absolute Gasteiger partial charge is 0.337 e. The maximum Gasteiger partial charge on any atom is 0.337 e. The van der Waals surface area contributed by atoms with Gasteiger partial charge in [-0.2, -0.15) is 0 Å². The maximum absolute atomic E-state index is 11.6. The Morgan fingerprint density at radius 2 is 2.19 bits per heavy atom. The minimum atomic E-state index is -0.485. The Balaban J connectivity index is 1.87. The third-order valence-electron chi connectivity index (χ3n) is 4.69. The summed E-state index contributed by atoms with van der Waals surface area (Å²) >= 11 is 0. The molecule has 0 aliphatic heterocycles. The molecule has 1 aromatic carbocycles. The molecule has 3 unspecified atom stereocenters. The summed E-state index contributed by atoms with van der Waals surface area (Å²) in [4.78, 5) is 22.3. The monoisotopic (exact) mass is 290 g/mol. The second-order valence-corrected chi connectivity index (χ2v) is 5.91. The molecule has 2 aliphatic rings. The maximum atomic E-state index is 11.6. The topological polar surface area (TPSA) is 81.5 Å². The van der Waals surface area contributed by atoms with Crippen LogP contribution in [0.15, 0.2) is 18.2 Å². The Hall–Kier alpha value is -2.11. The number of fused-ring (bicyclic) bond motifs is 2. The second-order valence-electron chi connectivity index (χ2n) is 5.91. The molecule has 6 nitrogen and oxygen atoms in total. The van der Waals surface area contributed by atoms with Crippen molar-refractivity contribution in [1.82, 2.24) is 0 Å². The van der Waals surface area contributed by atoms with E-state index in [1.54, 1.807) is 0 Å². The second kappa shape index (κ2) is 5.35. The molecule has 2 fully saturated rings. The molecule has 0 saturated heterocycles. The highest BCUT2D eigenvalue weighted by molar-refractivity contribution is 5.91. The normalized spacial score (nSPS) is 26.6. The van der Waals surface area contributed by atoms with Gasteiger partial charge < -0.3 is 10.1 Å². The van der Waals surface area contributed by atoms with Crippen LogP contribution in [0.2, 0.25) is 0 Å². The number of hydrogen-bond acceptors (Lipinski definition) is 5. The number of hydrogen-bond donors (Lipinski definition) is 1. The first-order chi connectivity index (χ1) is 10.1. The van der Waals surface area contributed by atoms with E-state index in [1.807, 2.05) is 0 Å². The number of ether oxygens (including phenoxy) is 1. The van der Waals surface area contributed by atoms with Crippen molar-refractivity contribution in [3.05, 3.63) is 33.9 Å². The van der Waals surface area contributed by atoms with Gasteiger partial charge in [0.2, 0.25) is 0 Å². The van der Waals surface area contributed by atoms with Crippen LogP contribution in [0.25, 0.3) is 0 Å². The lowest BCUT2D eigenvalue weighted by Crippen LogP contribution is -2.26. The van der Waals surface area contributed by atoms with Crippen LogP contribution in [0, 0.1) is 22.0 Å². The molecule has 0 aromatic heterocycles. The van der Waals surface area contributed by atoms with Gasteiger partial charge in [0.05, 0.1) is 17.6 Å². The minimum Gasteiger partial charge on any atom is -0.465 e. The molecule has 0 radical (unpaired) electrons. The number of anilines is 1. The summed E-state index contributed by atoms with van der Waals surface area (Å²) in [5.74, 6) is 0.854. The number of nitro benzene ring substituents is 1. The van der Waals surface area contributed by atoms with Crippen LogP contribution in [-0.2, 0) is 4.74 Å². The van der Waals surface area contributed by atoms with Crippen molar-refractivity contribution in [1.29, 1.82) is 0 Å². The van der Waals surface area contributed by atoms with Crippen LogP contribution in [0.1, 0.15) is 36.0 Å². The lowest BCUT2D eigenvalue weighted by molar-refractivity contribution is -0.384. The van der Waals surface area contributed by atoms with E-state index in [0.29, 0.717) is 17.2 Å². The molecule has 3 atom stereocenters. The van der Waals surface area contributed by atoms with Crippen LogP contribution < -0.4 is 5.32 Å². The number of carbonyl (C=O) groups is 1. The number of nitrogens with one attached hydrogen (secondary N) is 1. The Kier molecular flexibility index (Phi) is 3.53. The van der Waals surface area contributed by atoms with E-state index in [2.05, 4.69) is 10.1 Å². The highest BCUT2D eigenvalue weighted by Gasteiger charge is 2.40. The van der Waals surface area contributed by atoms with Gasteiger partial charge in [0.1, 0.15) is 5.69 Å². The molecule has 2 saturated carbocycles. The first-order valence-corrected chi connectivity index (χ1v) is 7.21. The zero-order valence-corrected chi connectivity index (χ0v) is 11.9. The third-order valence-corrected chi connectivity index (χ3v) is 4.69. The molecular formula is C15H18N2O4. The fourth-order valence-electron chi connectivity index (χ4n) is 3.68. The predicted octanol–water partition coefficient (Wildman–Crippen LogP) is 2.98. The van der Waals surface area contributed by atoms with Crippen molar-refractivity contribution in [2.24, 2.45) is 11.8 Å². The van der Waals surface area contributed by atoms with Crippen LogP contribution in [0.5, 0.6) is 0 Å². The van der Waals surface area contributed by atoms with Gasteiger partial charge in [-0.1, -0.05) is 6.42 Å². The van der Waals surface area contributed by atoms with Gasteiger partial charge in [-0.3, -0.25) is 10.1 Å². The zero-order chi connectivity index (χ0) is 15.0. The number of rotatable bonds is 4. The van der Waals surface area contributed by atoms with Gasteiger partial charge >= 0.3 is 5.97 Å². The van der Waals surface area contributed by atoms with Gasteiger partial charge in [-0.25, -0.2) is 4.79 Å². The SMILES string of the molecule is COC(=O)c1ccc([N+](=O)[O-])c(NC2CC3CCC2C3)c1.